The van der Waals surface area contributed by atoms with E-state index in [1.54, 1.807) is 6.07 Å². The lowest BCUT2D eigenvalue weighted by atomic mass is 9.84. The number of aromatic nitrogens is 1. The highest BCUT2D eigenvalue weighted by Crippen LogP contribution is 2.46. The summed E-state index contributed by atoms with van der Waals surface area (Å²) >= 11 is 0. The normalized spacial score (nSPS) is 12.3. The van der Waals surface area contributed by atoms with Gasteiger partial charge in [-0.15, -0.1) is 0 Å². The second-order valence-corrected chi connectivity index (χ2v) is 13.1. The minimum atomic E-state index is -4.51. The highest BCUT2D eigenvalue weighted by Gasteiger charge is 2.32. The summed E-state index contributed by atoms with van der Waals surface area (Å²) in [4.78, 5) is 3.80. The summed E-state index contributed by atoms with van der Waals surface area (Å²) in [6.45, 7) is 0. The molecule has 0 atom stereocenters. The van der Waals surface area contributed by atoms with Gasteiger partial charge in [-0.25, -0.2) is 4.39 Å². The first kappa shape index (κ1) is 29.6. The van der Waals surface area contributed by atoms with Gasteiger partial charge in [0.15, 0.2) is 0 Å². The Kier molecular flexibility index (Phi) is 6.28. The van der Waals surface area contributed by atoms with Crippen molar-refractivity contribution in [2.24, 2.45) is 0 Å². The van der Waals surface area contributed by atoms with E-state index in [1.807, 2.05) is 66.7 Å². The van der Waals surface area contributed by atoms with Crippen LogP contribution in [0.15, 0.2) is 152 Å². The first-order valence-electron chi connectivity index (χ1n) is 16.7. The third-order valence-corrected chi connectivity index (χ3v) is 10.3. The minimum Gasteiger partial charge on any atom is -0.251 e. The van der Waals surface area contributed by atoms with Gasteiger partial charge in [0.25, 0.3) is 0 Å². The molecule has 5 heteroatoms. The van der Waals surface area contributed by atoms with E-state index >= 15 is 0 Å². The highest BCUT2D eigenvalue weighted by atomic mass is 19.4. The molecule has 0 unspecified atom stereocenters. The summed E-state index contributed by atoms with van der Waals surface area (Å²) in [5.74, 6) is -0.227. The molecule has 0 radical (unpaired) electrons. The lowest BCUT2D eigenvalue weighted by molar-refractivity contribution is -0.141. The quantitative estimate of drug-likeness (QED) is 0.104. The molecule has 10 rings (SSSR count). The predicted molar refractivity (Wildman–Crippen MR) is 202 cm³/mol. The number of hydrogen-bond acceptors (Lipinski definition) is 1. The van der Waals surface area contributed by atoms with Gasteiger partial charge in [-0.05, 0) is 123 Å². The Hall–Kier alpha value is -6.33. The van der Waals surface area contributed by atoms with E-state index < -0.39 is 11.9 Å². The molecule has 0 spiro atoms. The zero-order chi connectivity index (χ0) is 34.4. The van der Waals surface area contributed by atoms with Crippen LogP contribution in [0.5, 0.6) is 0 Å². The fraction of sp³-hybridized carbons (Fsp3) is 0.0217. The average molecular weight is 668 g/mol. The summed E-state index contributed by atoms with van der Waals surface area (Å²) in [5.41, 5.74) is 4.74. The van der Waals surface area contributed by atoms with Gasteiger partial charge in [-0.3, -0.25) is 4.98 Å². The zero-order valence-electron chi connectivity index (χ0n) is 26.9. The SMILES string of the molecule is Fc1ccc(-c2cc3ccc4cc(-c5c6ccccc6c(-c6ccc(C(F)(F)F)nc6)c6ccccc56)cc5ccc(c2)c3c45)c2ccccc12. The fourth-order valence-corrected chi connectivity index (χ4v) is 8.11. The smallest absolute Gasteiger partial charge is 0.251 e. The van der Waals surface area contributed by atoms with Crippen LogP contribution < -0.4 is 0 Å². The largest absolute Gasteiger partial charge is 0.433 e. The van der Waals surface area contributed by atoms with Crippen LogP contribution in [0.2, 0.25) is 0 Å². The summed E-state index contributed by atoms with van der Waals surface area (Å²) in [6, 6.07) is 47.3. The third kappa shape index (κ3) is 4.51. The Morgan fingerprint density at radius 1 is 0.412 bits per heavy atom. The van der Waals surface area contributed by atoms with Crippen molar-refractivity contribution in [3.63, 3.8) is 0 Å². The van der Waals surface area contributed by atoms with Crippen LogP contribution in [0.1, 0.15) is 5.69 Å². The van der Waals surface area contributed by atoms with E-state index in [0.29, 0.717) is 10.9 Å². The van der Waals surface area contributed by atoms with E-state index in [-0.39, 0.29) is 5.82 Å². The van der Waals surface area contributed by atoms with Gasteiger partial charge >= 0.3 is 6.18 Å². The zero-order valence-corrected chi connectivity index (χ0v) is 26.9. The van der Waals surface area contributed by atoms with Crippen LogP contribution in [-0.2, 0) is 6.18 Å². The number of alkyl halides is 3. The minimum absolute atomic E-state index is 0.227. The van der Waals surface area contributed by atoms with Gasteiger partial charge < -0.3 is 0 Å². The van der Waals surface area contributed by atoms with Crippen LogP contribution in [0, 0.1) is 5.82 Å². The van der Waals surface area contributed by atoms with Gasteiger partial charge in [-0.1, -0.05) is 109 Å². The van der Waals surface area contributed by atoms with Gasteiger partial charge in [0, 0.05) is 17.1 Å². The van der Waals surface area contributed by atoms with Crippen molar-refractivity contribution < 1.29 is 17.6 Å². The van der Waals surface area contributed by atoms with E-state index in [9.17, 15) is 17.6 Å². The molecule has 0 aliphatic heterocycles. The molecule has 0 aliphatic rings. The second-order valence-electron chi connectivity index (χ2n) is 13.1. The molecular weight excluding hydrogens is 643 g/mol. The molecule has 9 aromatic carbocycles. The number of halogens is 4. The Morgan fingerprint density at radius 2 is 0.863 bits per heavy atom. The lowest BCUT2D eigenvalue weighted by Gasteiger charge is -2.19. The van der Waals surface area contributed by atoms with E-state index in [1.165, 1.54) is 23.0 Å². The van der Waals surface area contributed by atoms with Crippen molar-refractivity contribution >= 4 is 64.6 Å². The Labute approximate surface area is 289 Å². The highest BCUT2D eigenvalue weighted by molar-refractivity contribution is 6.27. The second kappa shape index (κ2) is 10.8. The average Bonchev–Trinajstić information content (AvgIpc) is 3.15. The maximum Gasteiger partial charge on any atom is 0.433 e. The van der Waals surface area contributed by atoms with E-state index in [4.69, 9.17) is 0 Å². The molecule has 0 fully saturated rings. The maximum absolute atomic E-state index is 14.7. The van der Waals surface area contributed by atoms with Crippen LogP contribution in [-0.4, -0.2) is 4.98 Å². The van der Waals surface area contributed by atoms with Gasteiger partial charge in [0.05, 0.1) is 0 Å². The van der Waals surface area contributed by atoms with Crippen LogP contribution in [0.25, 0.3) is 98.0 Å². The molecular formula is C46H25F4N. The van der Waals surface area contributed by atoms with Crippen molar-refractivity contribution in [3.8, 4) is 33.4 Å². The lowest BCUT2D eigenvalue weighted by Crippen LogP contribution is -2.07. The summed E-state index contributed by atoms with van der Waals surface area (Å²) < 4.78 is 54.9. The van der Waals surface area contributed by atoms with Crippen molar-refractivity contribution in [2.45, 2.75) is 6.18 Å². The van der Waals surface area contributed by atoms with Gasteiger partial charge in [0.1, 0.15) is 11.5 Å². The first-order chi connectivity index (χ1) is 24.8. The third-order valence-electron chi connectivity index (χ3n) is 10.3. The molecule has 242 valence electrons. The molecule has 0 bridgehead atoms. The monoisotopic (exact) mass is 667 g/mol. The molecule has 1 aromatic heterocycles. The Balaban J connectivity index is 1.19. The van der Waals surface area contributed by atoms with Crippen LogP contribution >= 0.6 is 0 Å². The number of fused-ring (bicyclic) bond motifs is 3. The summed E-state index contributed by atoms with van der Waals surface area (Å²) in [5, 5.41) is 12.2. The topological polar surface area (TPSA) is 12.9 Å². The molecule has 1 nitrogen and oxygen atoms in total. The van der Waals surface area contributed by atoms with Crippen molar-refractivity contribution in [2.75, 3.05) is 0 Å². The van der Waals surface area contributed by atoms with Gasteiger partial charge in [0.2, 0.25) is 0 Å². The number of pyridine rings is 1. The number of benzene rings is 9. The number of hydrogen-bond donors (Lipinski definition) is 0. The van der Waals surface area contributed by atoms with Crippen LogP contribution in [0.4, 0.5) is 17.6 Å². The standard InChI is InChI=1S/C46H25F4N/c47-40-19-18-33(34-7-1-2-8-35(34)40)31-21-26-13-15-28-23-32(24-29-16-14-27(22-31)42(26)43(28)29)45-38-11-5-3-9-36(38)44(37-10-4-6-12-39(37)45)30-17-20-41(51-25-30)46(48,49)50/h1-25H. The fourth-order valence-electron chi connectivity index (χ4n) is 8.11. The van der Waals surface area contributed by atoms with Crippen molar-refractivity contribution in [1.29, 1.82) is 0 Å². The predicted octanol–water partition coefficient (Wildman–Crippen LogP) is 13.6. The van der Waals surface area contributed by atoms with E-state index in [0.717, 1.165) is 82.4 Å². The summed E-state index contributed by atoms with van der Waals surface area (Å²) in [7, 11) is 0. The van der Waals surface area contributed by atoms with E-state index in [2.05, 4.69) is 65.6 Å². The molecule has 0 saturated heterocycles. The Morgan fingerprint density at radius 3 is 1.33 bits per heavy atom. The molecule has 0 N–H and O–H groups in total. The first-order valence-corrected chi connectivity index (χ1v) is 16.7. The summed E-state index contributed by atoms with van der Waals surface area (Å²) in [6.07, 6.45) is -3.18. The maximum atomic E-state index is 14.7. The molecule has 1 heterocycles. The molecule has 10 aromatic rings. The number of rotatable bonds is 3. The molecule has 0 amide bonds. The number of nitrogens with zero attached hydrogens (tertiary/aromatic N) is 1. The van der Waals surface area contributed by atoms with Crippen molar-refractivity contribution in [3.05, 3.63) is 163 Å². The molecule has 51 heavy (non-hydrogen) atoms. The Bertz CT molecular complexity index is 2890. The van der Waals surface area contributed by atoms with Gasteiger partial charge in [-0.2, -0.15) is 13.2 Å². The molecule has 0 saturated carbocycles. The van der Waals surface area contributed by atoms with Crippen molar-refractivity contribution in [1.82, 2.24) is 4.98 Å². The van der Waals surface area contributed by atoms with Crippen LogP contribution in [0.3, 0.4) is 0 Å². The molecule has 0 aliphatic carbocycles.